The van der Waals surface area contributed by atoms with Crippen LogP contribution in [0.2, 0.25) is 0 Å². The minimum absolute atomic E-state index is 0.0711. The average Bonchev–Trinajstić information content (AvgIpc) is 3.01. The lowest BCUT2D eigenvalue weighted by atomic mass is 9.97. The van der Waals surface area contributed by atoms with Crippen LogP contribution in [0.1, 0.15) is 17.8 Å². The molecule has 0 aliphatic carbocycles. The molecule has 1 amide bonds. The molecule has 0 radical (unpaired) electrons. The Labute approximate surface area is 155 Å². The Morgan fingerprint density at radius 2 is 2.00 bits per heavy atom. The molecule has 1 aromatic heterocycles. The number of hydrogen-bond donors (Lipinski definition) is 1. The lowest BCUT2D eigenvalue weighted by molar-refractivity contribution is -0.271. The highest BCUT2D eigenvalue weighted by atomic mass is 19.4. The van der Waals surface area contributed by atoms with Crippen molar-refractivity contribution in [3.63, 3.8) is 0 Å². The normalized spacial score (nSPS) is 13.9. The zero-order valence-electron chi connectivity index (χ0n) is 15.3. The molecule has 1 heterocycles. The number of rotatable bonds is 7. The quantitative estimate of drug-likeness (QED) is 0.795. The number of amides is 1. The molecule has 1 unspecified atom stereocenters. The van der Waals surface area contributed by atoms with E-state index in [0.29, 0.717) is 5.75 Å². The van der Waals surface area contributed by atoms with Gasteiger partial charge in [0.05, 0.1) is 13.0 Å². The number of alkyl halides is 3. The highest BCUT2D eigenvalue weighted by Gasteiger charge is 2.58. The Balaban J connectivity index is 2.03. The number of carbonyl (C=O) groups excluding carboxylic acids is 1. The number of likely N-dealkylation sites (N-methyl/N-ethyl adjacent to an activating group) is 1. The number of hydrogen-bond acceptors (Lipinski definition) is 4. The lowest BCUT2D eigenvalue weighted by Crippen LogP contribution is -2.48. The van der Waals surface area contributed by atoms with Crippen LogP contribution in [0.5, 0.6) is 5.75 Å². The van der Waals surface area contributed by atoms with Crippen molar-refractivity contribution in [3.8, 4) is 5.75 Å². The number of benzene rings is 1. The Hall–Kier alpha value is -2.55. The van der Waals surface area contributed by atoms with Gasteiger partial charge in [-0.1, -0.05) is 18.2 Å². The third-order valence-electron chi connectivity index (χ3n) is 4.27. The van der Waals surface area contributed by atoms with Crippen molar-refractivity contribution in [1.82, 2.24) is 14.5 Å². The van der Waals surface area contributed by atoms with Crippen LogP contribution >= 0.6 is 0 Å². The molecule has 0 fully saturated rings. The summed E-state index contributed by atoms with van der Waals surface area (Å²) >= 11 is 0. The van der Waals surface area contributed by atoms with Gasteiger partial charge in [-0.3, -0.25) is 4.79 Å². The fraction of sp³-hybridized carbons (Fsp3) is 0.444. The fourth-order valence-corrected chi connectivity index (χ4v) is 2.56. The van der Waals surface area contributed by atoms with E-state index in [1.807, 2.05) is 19.1 Å². The van der Waals surface area contributed by atoms with Crippen molar-refractivity contribution in [3.05, 3.63) is 48.0 Å². The van der Waals surface area contributed by atoms with E-state index < -0.39 is 29.9 Å². The lowest BCUT2D eigenvalue weighted by Gasteiger charge is -2.31. The molecule has 1 atom stereocenters. The molecule has 148 valence electrons. The zero-order valence-corrected chi connectivity index (χ0v) is 15.3. The largest absolute Gasteiger partial charge is 0.491 e. The van der Waals surface area contributed by atoms with E-state index in [4.69, 9.17) is 4.74 Å². The van der Waals surface area contributed by atoms with Crippen molar-refractivity contribution in [1.29, 1.82) is 0 Å². The van der Waals surface area contributed by atoms with Gasteiger partial charge < -0.3 is 19.3 Å². The molecule has 0 aliphatic heterocycles. The summed E-state index contributed by atoms with van der Waals surface area (Å²) in [4.78, 5) is 17.0. The van der Waals surface area contributed by atoms with E-state index >= 15 is 0 Å². The van der Waals surface area contributed by atoms with Crippen LogP contribution in [0.4, 0.5) is 13.2 Å². The van der Waals surface area contributed by atoms with Crippen molar-refractivity contribution in [2.24, 2.45) is 7.05 Å². The number of aliphatic hydroxyl groups is 1. The first-order chi connectivity index (χ1) is 12.6. The summed E-state index contributed by atoms with van der Waals surface area (Å²) < 4.78 is 47.1. The van der Waals surface area contributed by atoms with E-state index in [0.717, 1.165) is 21.2 Å². The molecule has 0 saturated carbocycles. The van der Waals surface area contributed by atoms with Gasteiger partial charge in [0.2, 0.25) is 11.5 Å². The maximum absolute atomic E-state index is 13.5. The van der Waals surface area contributed by atoms with Gasteiger partial charge in [0, 0.05) is 26.5 Å². The first kappa shape index (κ1) is 20.8. The Bertz CT molecular complexity index is 791. The summed E-state index contributed by atoms with van der Waals surface area (Å²) in [5.41, 5.74) is -2.46. The van der Waals surface area contributed by atoms with Crippen LogP contribution in [-0.2, 0) is 17.4 Å². The second-order valence-electron chi connectivity index (χ2n) is 6.33. The number of halogens is 3. The molecule has 2 aromatic rings. The SMILES string of the molecule is Cc1ccccc1OCCN(C)C(=O)CC(O)(c1nccn1C)C(F)(F)F. The number of para-hydroxylation sites is 1. The van der Waals surface area contributed by atoms with Gasteiger partial charge >= 0.3 is 6.18 Å². The fourth-order valence-electron chi connectivity index (χ4n) is 2.56. The van der Waals surface area contributed by atoms with Crippen LogP contribution in [-0.4, -0.2) is 51.8 Å². The Morgan fingerprint density at radius 3 is 2.56 bits per heavy atom. The van der Waals surface area contributed by atoms with Crippen LogP contribution in [0, 0.1) is 6.92 Å². The van der Waals surface area contributed by atoms with E-state index in [1.165, 1.54) is 20.3 Å². The van der Waals surface area contributed by atoms with Gasteiger partial charge in [-0.2, -0.15) is 13.2 Å². The summed E-state index contributed by atoms with van der Waals surface area (Å²) in [5, 5.41) is 10.3. The molecule has 0 bridgehead atoms. The average molecular weight is 385 g/mol. The molecular formula is C18H22F3N3O3. The number of carbonyl (C=O) groups is 1. The third kappa shape index (κ3) is 4.60. The molecule has 0 spiro atoms. The van der Waals surface area contributed by atoms with Gasteiger partial charge in [-0.25, -0.2) is 4.98 Å². The molecule has 9 heteroatoms. The standard InChI is InChI=1S/C18H22F3N3O3/c1-13-6-4-5-7-14(13)27-11-10-23(2)15(25)12-17(26,18(19,20)21)16-22-8-9-24(16)3/h4-9,26H,10-12H2,1-3H3. The highest BCUT2D eigenvalue weighted by molar-refractivity contribution is 5.77. The predicted octanol–water partition coefficient (Wildman–Crippen LogP) is 2.41. The predicted molar refractivity (Wildman–Crippen MR) is 92.1 cm³/mol. The maximum atomic E-state index is 13.5. The van der Waals surface area contributed by atoms with E-state index in [9.17, 15) is 23.1 Å². The highest BCUT2D eigenvalue weighted by Crippen LogP contribution is 2.41. The third-order valence-corrected chi connectivity index (χ3v) is 4.27. The van der Waals surface area contributed by atoms with Crippen molar-refractivity contribution in [2.45, 2.75) is 25.1 Å². The Kier molecular flexibility index (Phi) is 6.15. The van der Waals surface area contributed by atoms with Crippen LogP contribution < -0.4 is 4.74 Å². The summed E-state index contributed by atoms with van der Waals surface area (Å²) in [6.45, 7) is 2.04. The van der Waals surface area contributed by atoms with Crippen LogP contribution in [0.3, 0.4) is 0 Å². The molecule has 1 N–H and O–H groups in total. The molecule has 2 rings (SSSR count). The first-order valence-electron chi connectivity index (χ1n) is 8.25. The molecule has 0 aliphatic rings. The summed E-state index contributed by atoms with van der Waals surface area (Å²) in [6.07, 6.45) is -3.81. The number of nitrogens with zero attached hydrogens (tertiary/aromatic N) is 3. The van der Waals surface area contributed by atoms with Crippen molar-refractivity contribution >= 4 is 5.91 Å². The molecule has 6 nitrogen and oxygen atoms in total. The Morgan fingerprint density at radius 1 is 1.33 bits per heavy atom. The van der Waals surface area contributed by atoms with Crippen LogP contribution in [0.25, 0.3) is 0 Å². The summed E-state index contributed by atoms with van der Waals surface area (Å²) in [6, 6.07) is 7.28. The van der Waals surface area contributed by atoms with Crippen molar-refractivity contribution < 1.29 is 27.8 Å². The van der Waals surface area contributed by atoms with Gasteiger partial charge in [0.25, 0.3) is 0 Å². The summed E-state index contributed by atoms with van der Waals surface area (Å²) in [5.74, 6) is -0.864. The topological polar surface area (TPSA) is 67.6 Å². The smallest absolute Gasteiger partial charge is 0.425 e. The minimum atomic E-state index is -5.06. The molecular weight excluding hydrogens is 363 g/mol. The number of aryl methyl sites for hydroxylation is 2. The van der Waals surface area contributed by atoms with E-state index in [1.54, 1.807) is 12.1 Å². The first-order valence-corrected chi connectivity index (χ1v) is 8.25. The second-order valence-corrected chi connectivity index (χ2v) is 6.33. The molecule has 0 saturated heterocycles. The van der Waals surface area contributed by atoms with Gasteiger partial charge in [0.15, 0.2) is 5.82 Å². The number of aromatic nitrogens is 2. The van der Waals surface area contributed by atoms with Gasteiger partial charge in [0.1, 0.15) is 12.4 Å². The monoisotopic (exact) mass is 385 g/mol. The van der Waals surface area contributed by atoms with Gasteiger partial charge in [-0.05, 0) is 18.6 Å². The molecule has 1 aromatic carbocycles. The zero-order chi connectivity index (χ0) is 20.2. The van der Waals surface area contributed by atoms with Crippen molar-refractivity contribution in [2.75, 3.05) is 20.2 Å². The second kappa shape index (κ2) is 7.99. The number of imidazole rings is 1. The number of ether oxygens (including phenoxy) is 1. The van der Waals surface area contributed by atoms with E-state index in [-0.39, 0.29) is 13.2 Å². The minimum Gasteiger partial charge on any atom is -0.491 e. The van der Waals surface area contributed by atoms with Crippen LogP contribution in [0.15, 0.2) is 36.7 Å². The summed E-state index contributed by atoms with van der Waals surface area (Å²) in [7, 11) is 2.68. The van der Waals surface area contributed by atoms with Gasteiger partial charge in [-0.15, -0.1) is 0 Å². The van der Waals surface area contributed by atoms with E-state index in [2.05, 4.69) is 4.98 Å². The maximum Gasteiger partial charge on any atom is 0.425 e. The molecule has 27 heavy (non-hydrogen) atoms.